The Morgan fingerprint density at radius 2 is 2.14 bits per heavy atom. The second-order valence-corrected chi connectivity index (χ2v) is 4.95. The molecule has 0 fully saturated rings. The lowest BCUT2D eigenvalue weighted by atomic mass is 10.2. The van der Waals surface area contributed by atoms with E-state index in [2.05, 4.69) is 20.1 Å². The van der Waals surface area contributed by atoms with Crippen LogP contribution in [0.5, 0.6) is 0 Å². The van der Waals surface area contributed by atoms with Gasteiger partial charge in [0.2, 0.25) is 0 Å². The van der Waals surface area contributed by atoms with Gasteiger partial charge in [0.05, 0.1) is 16.6 Å². The van der Waals surface area contributed by atoms with Gasteiger partial charge in [0.15, 0.2) is 5.65 Å². The van der Waals surface area contributed by atoms with Crippen molar-refractivity contribution in [3.05, 3.63) is 46.3 Å². The smallest absolute Gasteiger partial charge is 0.351 e. The number of pyridine rings is 1. The van der Waals surface area contributed by atoms with Crippen LogP contribution in [0.25, 0.3) is 11.0 Å². The average molecular weight is 297 g/mol. The number of amidine groups is 1. The van der Waals surface area contributed by atoms with Gasteiger partial charge >= 0.3 is 5.69 Å². The van der Waals surface area contributed by atoms with E-state index in [0.29, 0.717) is 16.9 Å². The zero-order valence-electron chi connectivity index (χ0n) is 12.5. The van der Waals surface area contributed by atoms with E-state index in [-0.39, 0.29) is 5.84 Å². The van der Waals surface area contributed by atoms with Crippen molar-refractivity contribution in [3.63, 3.8) is 0 Å². The number of hydrogen-bond acceptors (Lipinski definition) is 5. The summed E-state index contributed by atoms with van der Waals surface area (Å²) >= 11 is 0. The Kier molecular flexibility index (Phi) is 3.21. The quantitative estimate of drug-likeness (QED) is 0.545. The fourth-order valence-electron chi connectivity index (χ4n) is 2.26. The van der Waals surface area contributed by atoms with Gasteiger partial charge in [0.1, 0.15) is 11.7 Å². The first-order valence-corrected chi connectivity index (χ1v) is 6.64. The highest BCUT2D eigenvalue weighted by atomic mass is 16.1. The van der Waals surface area contributed by atoms with Crippen LogP contribution in [0, 0.1) is 6.92 Å². The average Bonchev–Trinajstić information content (AvgIpc) is 2.82. The van der Waals surface area contributed by atoms with Crippen LogP contribution in [0.1, 0.15) is 11.3 Å². The van der Waals surface area contributed by atoms with Gasteiger partial charge in [-0.2, -0.15) is 10.1 Å². The molecule has 3 heterocycles. The molecular weight excluding hydrogens is 282 g/mol. The number of nitrogens with two attached hydrogens (primary N) is 1. The standard InChI is InChI=1S/C14H15N7O/c1-8-10(7-20(2)19-8)11(15)17-13-9-5-4-6-16-12(9)18-14(22)21(13)3/h4-7H,1-3H3,(H2,15,17). The molecule has 112 valence electrons. The van der Waals surface area contributed by atoms with Crippen LogP contribution in [0.2, 0.25) is 0 Å². The SMILES string of the molecule is Cc1nn(C)cc1/C(N)=N/c1c2cccnc2nc(=O)n1C. The van der Waals surface area contributed by atoms with Crippen molar-refractivity contribution < 1.29 is 0 Å². The first-order chi connectivity index (χ1) is 10.5. The summed E-state index contributed by atoms with van der Waals surface area (Å²) in [5.74, 6) is 0.709. The Hall–Kier alpha value is -3.03. The lowest BCUT2D eigenvalue weighted by Crippen LogP contribution is -2.21. The molecule has 0 radical (unpaired) electrons. The van der Waals surface area contributed by atoms with Gasteiger partial charge in [0.25, 0.3) is 0 Å². The first-order valence-electron chi connectivity index (χ1n) is 6.64. The predicted molar refractivity (Wildman–Crippen MR) is 83.1 cm³/mol. The van der Waals surface area contributed by atoms with Gasteiger partial charge in [-0.1, -0.05) is 0 Å². The number of fused-ring (bicyclic) bond motifs is 1. The van der Waals surface area contributed by atoms with Gasteiger partial charge < -0.3 is 5.73 Å². The summed E-state index contributed by atoms with van der Waals surface area (Å²) < 4.78 is 3.01. The maximum Gasteiger partial charge on any atom is 0.351 e. The number of aliphatic imine (C=N–C) groups is 1. The Balaban J connectivity index is 2.26. The normalized spacial score (nSPS) is 12.0. The lowest BCUT2D eigenvalue weighted by molar-refractivity contribution is 0.756. The fraction of sp³-hybridized carbons (Fsp3) is 0.214. The summed E-state index contributed by atoms with van der Waals surface area (Å²) in [6.45, 7) is 1.85. The van der Waals surface area contributed by atoms with Gasteiger partial charge in [-0.3, -0.25) is 9.25 Å². The number of aryl methyl sites for hydroxylation is 2. The molecule has 3 rings (SSSR count). The second kappa shape index (κ2) is 5.06. The van der Waals surface area contributed by atoms with Crippen LogP contribution in [0.15, 0.2) is 34.3 Å². The number of hydrogen-bond donors (Lipinski definition) is 1. The molecule has 3 aromatic rings. The Bertz CT molecular complexity index is 951. The van der Waals surface area contributed by atoms with Gasteiger partial charge in [-0.15, -0.1) is 0 Å². The summed E-state index contributed by atoms with van der Waals surface area (Å²) in [5.41, 5.74) is 7.50. The minimum atomic E-state index is -0.430. The monoisotopic (exact) mass is 297 g/mol. The summed E-state index contributed by atoms with van der Waals surface area (Å²) in [6.07, 6.45) is 3.37. The molecule has 3 aromatic heterocycles. The van der Waals surface area contributed by atoms with Crippen LogP contribution < -0.4 is 11.4 Å². The van der Waals surface area contributed by atoms with Gasteiger partial charge in [-0.25, -0.2) is 14.8 Å². The van der Waals surface area contributed by atoms with Crippen LogP contribution >= 0.6 is 0 Å². The van der Waals surface area contributed by atoms with Crippen molar-refractivity contribution in [1.29, 1.82) is 0 Å². The zero-order chi connectivity index (χ0) is 15.9. The molecule has 0 saturated heterocycles. The number of nitrogens with zero attached hydrogens (tertiary/aromatic N) is 6. The largest absolute Gasteiger partial charge is 0.383 e. The summed E-state index contributed by atoms with van der Waals surface area (Å²) in [5, 5.41) is 4.90. The maximum absolute atomic E-state index is 11.9. The van der Waals surface area contributed by atoms with E-state index >= 15 is 0 Å². The summed E-state index contributed by atoms with van der Waals surface area (Å²) in [4.78, 5) is 24.3. The molecule has 22 heavy (non-hydrogen) atoms. The van der Waals surface area contributed by atoms with E-state index in [4.69, 9.17) is 5.73 Å². The van der Waals surface area contributed by atoms with Crippen LogP contribution in [-0.4, -0.2) is 30.2 Å². The van der Waals surface area contributed by atoms with E-state index in [0.717, 1.165) is 11.3 Å². The van der Waals surface area contributed by atoms with Crippen molar-refractivity contribution in [2.75, 3.05) is 0 Å². The molecule has 0 aliphatic carbocycles. The molecule has 2 N–H and O–H groups in total. The predicted octanol–water partition coefficient (Wildman–Crippen LogP) is 0.407. The molecule has 0 amide bonds. The van der Waals surface area contributed by atoms with Crippen LogP contribution in [0.3, 0.4) is 0 Å². The third kappa shape index (κ3) is 2.24. The Morgan fingerprint density at radius 3 is 2.82 bits per heavy atom. The van der Waals surface area contributed by atoms with E-state index in [1.54, 1.807) is 36.3 Å². The molecule has 0 saturated carbocycles. The molecule has 8 nitrogen and oxygen atoms in total. The van der Waals surface area contributed by atoms with Crippen LogP contribution in [-0.2, 0) is 14.1 Å². The Labute approximate surface area is 126 Å². The highest BCUT2D eigenvalue weighted by Gasteiger charge is 2.12. The number of rotatable bonds is 2. The molecular formula is C14H15N7O. The first kappa shape index (κ1) is 13.9. The van der Waals surface area contributed by atoms with Gasteiger partial charge in [0, 0.05) is 26.5 Å². The highest BCUT2D eigenvalue weighted by molar-refractivity contribution is 6.01. The molecule has 0 spiro atoms. The molecule has 0 aromatic carbocycles. The number of aromatic nitrogens is 5. The molecule has 8 heteroatoms. The van der Waals surface area contributed by atoms with Crippen molar-refractivity contribution >= 4 is 22.7 Å². The third-order valence-electron chi connectivity index (χ3n) is 3.35. The topological polar surface area (TPSA) is 104 Å². The molecule has 0 unspecified atom stereocenters. The lowest BCUT2D eigenvalue weighted by Gasteiger charge is -2.07. The van der Waals surface area contributed by atoms with Crippen molar-refractivity contribution in [1.82, 2.24) is 24.3 Å². The maximum atomic E-state index is 11.9. The molecule has 0 bridgehead atoms. The third-order valence-corrected chi connectivity index (χ3v) is 3.35. The van der Waals surface area contributed by atoms with Crippen LogP contribution in [0.4, 0.5) is 5.82 Å². The minimum absolute atomic E-state index is 0.289. The Morgan fingerprint density at radius 1 is 1.36 bits per heavy atom. The van der Waals surface area contributed by atoms with E-state index in [1.807, 2.05) is 14.0 Å². The van der Waals surface area contributed by atoms with E-state index in [9.17, 15) is 4.79 Å². The van der Waals surface area contributed by atoms with Gasteiger partial charge in [-0.05, 0) is 19.1 Å². The molecule has 0 aliphatic rings. The van der Waals surface area contributed by atoms with Crippen molar-refractivity contribution in [3.8, 4) is 0 Å². The second-order valence-electron chi connectivity index (χ2n) is 4.95. The minimum Gasteiger partial charge on any atom is -0.383 e. The van der Waals surface area contributed by atoms with E-state index < -0.39 is 5.69 Å². The van der Waals surface area contributed by atoms with Crippen molar-refractivity contribution in [2.45, 2.75) is 6.92 Å². The molecule has 0 atom stereocenters. The van der Waals surface area contributed by atoms with Crippen molar-refractivity contribution in [2.24, 2.45) is 24.8 Å². The zero-order valence-corrected chi connectivity index (χ0v) is 12.5. The summed E-state index contributed by atoms with van der Waals surface area (Å²) in [6, 6.07) is 3.57. The molecule has 0 aliphatic heterocycles. The van der Waals surface area contributed by atoms with E-state index in [1.165, 1.54) is 4.57 Å². The summed E-state index contributed by atoms with van der Waals surface area (Å²) in [7, 11) is 3.41. The fourth-order valence-corrected chi connectivity index (χ4v) is 2.26. The highest BCUT2D eigenvalue weighted by Crippen LogP contribution is 2.21.